The number of aromatic nitrogens is 1. The van der Waals surface area contributed by atoms with Crippen molar-refractivity contribution >= 4 is 17.7 Å². The Hall–Kier alpha value is -1.17. The Morgan fingerprint density at radius 2 is 2.16 bits per heavy atom. The molecule has 1 aromatic rings. The lowest BCUT2D eigenvalue weighted by Crippen LogP contribution is -2.45. The first-order chi connectivity index (χ1) is 12.2. The van der Waals surface area contributed by atoms with E-state index in [0.29, 0.717) is 18.5 Å². The van der Waals surface area contributed by atoms with Gasteiger partial charge >= 0.3 is 0 Å². The summed E-state index contributed by atoms with van der Waals surface area (Å²) in [4.78, 5) is 4.37. The summed E-state index contributed by atoms with van der Waals surface area (Å²) >= 11 is 2.09. The average molecular weight is 367 g/mol. The van der Waals surface area contributed by atoms with Gasteiger partial charge in [0, 0.05) is 30.3 Å². The predicted octanol–water partition coefficient (Wildman–Crippen LogP) is 4.31. The first-order valence-electron chi connectivity index (χ1n) is 9.74. The van der Waals surface area contributed by atoms with Gasteiger partial charge in [-0.2, -0.15) is 11.8 Å². The molecule has 1 aliphatic carbocycles. The van der Waals surface area contributed by atoms with Gasteiger partial charge in [0.15, 0.2) is 11.7 Å². The van der Waals surface area contributed by atoms with Gasteiger partial charge in [0.2, 0.25) is 0 Å². The summed E-state index contributed by atoms with van der Waals surface area (Å²) < 4.78 is 5.48. The number of aliphatic imine (C=N–C) groups is 1. The summed E-state index contributed by atoms with van der Waals surface area (Å²) in [5.41, 5.74) is 1.07. The molecule has 6 heteroatoms. The van der Waals surface area contributed by atoms with E-state index in [9.17, 15) is 0 Å². The van der Waals surface area contributed by atoms with E-state index in [1.165, 1.54) is 31.4 Å². The van der Waals surface area contributed by atoms with E-state index in [-0.39, 0.29) is 0 Å². The van der Waals surface area contributed by atoms with Crippen molar-refractivity contribution in [3.05, 3.63) is 17.5 Å². The van der Waals surface area contributed by atoms with Gasteiger partial charge in [-0.1, -0.05) is 32.3 Å². The third-order valence-corrected chi connectivity index (χ3v) is 6.24. The molecule has 2 atom stereocenters. The number of rotatable bonds is 8. The predicted molar refractivity (Wildman–Crippen MR) is 107 cm³/mol. The van der Waals surface area contributed by atoms with Crippen molar-refractivity contribution in [2.75, 3.05) is 12.8 Å². The zero-order chi connectivity index (χ0) is 18.1. The lowest BCUT2D eigenvalue weighted by Gasteiger charge is -2.30. The molecular formula is C19H34N4OS. The smallest absolute Gasteiger partial charge is 0.191 e. The Morgan fingerprint density at radius 3 is 2.84 bits per heavy atom. The highest BCUT2D eigenvalue weighted by Gasteiger charge is 2.22. The third kappa shape index (κ3) is 6.24. The van der Waals surface area contributed by atoms with Crippen LogP contribution in [0.25, 0.3) is 0 Å². The normalized spacial score (nSPS) is 21.6. The fraction of sp³-hybridized carbons (Fsp3) is 0.789. The van der Waals surface area contributed by atoms with Crippen LogP contribution in [0.15, 0.2) is 15.6 Å². The molecule has 0 radical (unpaired) electrons. The van der Waals surface area contributed by atoms with Gasteiger partial charge < -0.3 is 15.2 Å². The van der Waals surface area contributed by atoms with Crippen molar-refractivity contribution in [2.45, 2.75) is 83.1 Å². The minimum absolute atomic E-state index is 0.491. The van der Waals surface area contributed by atoms with Crippen molar-refractivity contribution in [1.29, 1.82) is 0 Å². The summed E-state index contributed by atoms with van der Waals surface area (Å²) in [5, 5.41) is 12.0. The van der Waals surface area contributed by atoms with E-state index in [0.717, 1.165) is 35.5 Å². The molecule has 2 unspecified atom stereocenters. The SMILES string of the molecule is CCSC1CCCC(NC(=NC)NCc2cc(C(CC)CC)no2)C1. The molecule has 1 heterocycles. The second kappa shape index (κ2) is 10.7. The van der Waals surface area contributed by atoms with Gasteiger partial charge in [-0.3, -0.25) is 4.99 Å². The molecule has 0 saturated heterocycles. The molecule has 1 saturated carbocycles. The van der Waals surface area contributed by atoms with Gasteiger partial charge in [0.25, 0.3) is 0 Å². The van der Waals surface area contributed by atoms with Crippen LogP contribution in [-0.4, -0.2) is 35.2 Å². The molecule has 0 amide bonds. The Balaban J connectivity index is 1.82. The minimum atomic E-state index is 0.491. The Bertz CT molecular complexity index is 525. The van der Waals surface area contributed by atoms with Gasteiger partial charge in [-0.25, -0.2) is 0 Å². The molecule has 25 heavy (non-hydrogen) atoms. The zero-order valence-electron chi connectivity index (χ0n) is 16.2. The zero-order valence-corrected chi connectivity index (χ0v) is 17.0. The van der Waals surface area contributed by atoms with E-state index in [4.69, 9.17) is 4.52 Å². The fourth-order valence-electron chi connectivity index (χ4n) is 3.53. The molecule has 5 nitrogen and oxygen atoms in total. The van der Waals surface area contributed by atoms with Crippen LogP contribution in [0, 0.1) is 0 Å². The number of hydrogen-bond donors (Lipinski definition) is 2. The average Bonchev–Trinajstić information content (AvgIpc) is 3.09. The van der Waals surface area contributed by atoms with Gasteiger partial charge in [0.1, 0.15) is 0 Å². The van der Waals surface area contributed by atoms with E-state index >= 15 is 0 Å². The highest BCUT2D eigenvalue weighted by molar-refractivity contribution is 7.99. The largest absolute Gasteiger partial charge is 0.359 e. The molecule has 2 rings (SSSR count). The molecule has 1 fully saturated rings. The monoisotopic (exact) mass is 366 g/mol. The second-order valence-electron chi connectivity index (χ2n) is 6.74. The summed E-state index contributed by atoms with van der Waals surface area (Å²) in [6.45, 7) is 7.25. The van der Waals surface area contributed by atoms with Crippen LogP contribution in [0.5, 0.6) is 0 Å². The van der Waals surface area contributed by atoms with Gasteiger partial charge in [-0.05, 0) is 37.9 Å². The Morgan fingerprint density at radius 1 is 1.36 bits per heavy atom. The van der Waals surface area contributed by atoms with E-state index < -0.39 is 0 Å². The molecular weight excluding hydrogens is 332 g/mol. The molecule has 0 spiro atoms. The lowest BCUT2D eigenvalue weighted by molar-refractivity contribution is 0.367. The van der Waals surface area contributed by atoms with Crippen LogP contribution in [-0.2, 0) is 6.54 Å². The molecule has 2 N–H and O–H groups in total. The Kier molecular flexibility index (Phi) is 8.65. The van der Waals surface area contributed by atoms with Crippen molar-refractivity contribution in [3.8, 4) is 0 Å². The standard InChI is InChI=1S/C19H34N4OS/c1-5-14(6-2)18-12-16(24-23-18)13-21-19(20-4)22-15-9-8-10-17(11-15)25-7-3/h12,14-15,17H,5-11,13H2,1-4H3,(H2,20,21,22). The summed E-state index contributed by atoms with van der Waals surface area (Å²) in [5.74, 6) is 3.42. The van der Waals surface area contributed by atoms with Gasteiger partial charge in [-0.15, -0.1) is 0 Å². The number of hydrogen-bond acceptors (Lipinski definition) is 4. The molecule has 0 aromatic carbocycles. The minimum Gasteiger partial charge on any atom is -0.359 e. The molecule has 1 aromatic heterocycles. The molecule has 142 valence electrons. The summed E-state index contributed by atoms with van der Waals surface area (Å²) in [6.07, 6.45) is 7.28. The van der Waals surface area contributed by atoms with E-state index in [1.54, 1.807) is 0 Å². The first-order valence-corrected chi connectivity index (χ1v) is 10.8. The number of nitrogens with one attached hydrogen (secondary N) is 2. The highest BCUT2D eigenvalue weighted by Crippen LogP contribution is 2.28. The number of nitrogens with zero attached hydrogens (tertiary/aromatic N) is 2. The van der Waals surface area contributed by atoms with Crippen molar-refractivity contribution in [2.24, 2.45) is 4.99 Å². The number of guanidine groups is 1. The van der Waals surface area contributed by atoms with Crippen molar-refractivity contribution in [3.63, 3.8) is 0 Å². The van der Waals surface area contributed by atoms with Crippen molar-refractivity contribution in [1.82, 2.24) is 15.8 Å². The molecule has 0 bridgehead atoms. The van der Waals surface area contributed by atoms with Gasteiger partial charge in [0.05, 0.1) is 12.2 Å². The third-order valence-electron chi connectivity index (χ3n) is 5.00. The van der Waals surface area contributed by atoms with Crippen molar-refractivity contribution < 1.29 is 4.52 Å². The van der Waals surface area contributed by atoms with Crippen LogP contribution < -0.4 is 10.6 Å². The highest BCUT2D eigenvalue weighted by atomic mass is 32.2. The maximum atomic E-state index is 5.48. The second-order valence-corrected chi connectivity index (χ2v) is 8.32. The quantitative estimate of drug-likeness (QED) is 0.530. The fourth-order valence-corrected chi connectivity index (χ4v) is 4.71. The van der Waals surface area contributed by atoms with Crippen LogP contribution in [0.1, 0.15) is 76.7 Å². The maximum Gasteiger partial charge on any atom is 0.191 e. The first kappa shape index (κ1) is 20.1. The number of thioether (sulfide) groups is 1. The topological polar surface area (TPSA) is 62.5 Å². The van der Waals surface area contributed by atoms with E-state index in [1.807, 2.05) is 7.05 Å². The van der Waals surface area contributed by atoms with Crippen LogP contribution >= 0.6 is 11.8 Å². The molecule has 0 aliphatic heterocycles. The van der Waals surface area contributed by atoms with Crippen LogP contribution in [0.4, 0.5) is 0 Å². The molecule has 1 aliphatic rings. The summed E-state index contributed by atoms with van der Waals surface area (Å²) in [7, 11) is 1.83. The van der Waals surface area contributed by atoms with Crippen LogP contribution in [0.3, 0.4) is 0 Å². The Labute approximate surface area is 156 Å². The maximum absolute atomic E-state index is 5.48. The summed E-state index contributed by atoms with van der Waals surface area (Å²) in [6, 6.07) is 2.59. The van der Waals surface area contributed by atoms with E-state index in [2.05, 4.69) is 59.4 Å². The lowest BCUT2D eigenvalue weighted by atomic mass is 9.95. The van der Waals surface area contributed by atoms with Crippen LogP contribution in [0.2, 0.25) is 0 Å².